The molecule has 0 aromatic heterocycles. The third-order valence-corrected chi connectivity index (χ3v) is 2.99. The molecule has 0 saturated heterocycles. The zero-order chi connectivity index (χ0) is 15.5. The molecule has 6 nitrogen and oxygen atoms in total. The summed E-state index contributed by atoms with van der Waals surface area (Å²) in [6.45, 7) is 2.81. The van der Waals surface area contributed by atoms with Crippen LogP contribution in [0.1, 0.15) is 52.4 Å². The molecule has 0 aromatic rings. The van der Waals surface area contributed by atoms with E-state index in [-0.39, 0.29) is 30.4 Å². The van der Waals surface area contributed by atoms with Gasteiger partial charge in [0.25, 0.3) is 0 Å². The highest BCUT2D eigenvalue weighted by molar-refractivity contribution is 5.89. The molecule has 0 unspecified atom stereocenters. The SMILES string of the molecule is CC(=O)CCCCC[C@H](CC(=O)CNC(C)=O)C(N)=O. The Bertz CT molecular complexity index is 366. The van der Waals surface area contributed by atoms with Crippen LogP contribution in [0.25, 0.3) is 0 Å². The lowest BCUT2D eigenvalue weighted by Crippen LogP contribution is -2.31. The summed E-state index contributed by atoms with van der Waals surface area (Å²) < 4.78 is 0. The molecule has 0 aliphatic heterocycles. The van der Waals surface area contributed by atoms with E-state index in [1.165, 1.54) is 6.92 Å². The number of carbonyl (C=O) groups is 4. The van der Waals surface area contributed by atoms with Crippen LogP contribution in [-0.2, 0) is 19.2 Å². The molecule has 0 rings (SSSR count). The van der Waals surface area contributed by atoms with E-state index in [1.54, 1.807) is 6.92 Å². The van der Waals surface area contributed by atoms with E-state index in [0.29, 0.717) is 12.8 Å². The van der Waals surface area contributed by atoms with Gasteiger partial charge in [0, 0.05) is 25.7 Å². The first-order valence-electron chi connectivity index (χ1n) is 6.87. The predicted octanol–water partition coefficient (Wildman–Crippen LogP) is 0.723. The summed E-state index contributed by atoms with van der Waals surface area (Å²) in [6.07, 6.45) is 3.53. The van der Waals surface area contributed by atoms with Gasteiger partial charge in [-0.2, -0.15) is 0 Å². The first-order valence-corrected chi connectivity index (χ1v) is 6.87. The topological polar surface area (TPSA) is 106 Å². The van der Waals surface area contributed by atoms with Gasteiger partial charge in [0.1, 0.15) is 5.78 Å². The molecule has 2 amide bonds. The van der Waals surface area contributed by atoms with Gasteiger partial charge in [-0.15, -0.1) is 0 Å². The summed E-state index contributed by atoms with van der Waals surface area (Å²) in [5.41, 5.74) is 5.27. The smallest absolute Gasteiger partial charge is 0.220 e. The Hall–Kier alpha value is -1.72. The summed E-state index contributed by atoms with van der Waals surface area (Å²) in [5.74, 6) is -1.31. The number of carbonyl (C=O) groups excluding carboxylic acids is 4. The molecule has 114 valence electrons. The molecule has 20 heavy (non-hydrogen) atoms. The van der Waals surface area contributed by atoms with Crippen LogP contribution in [0, 0.1) is 5.92 Å². The monoisotopic (exact) mass is 284 g/mol. The van der Waals surface area contributed by atoms with E-state index in [2.05, 4.69) is 5.32 Å². The maximum Gasteiger partial charge on any atom is 0.220 e. The maximum atomic E-state index is 11.6. The molecule has 0 aromatic carbocycles. The maximum absolute atomic E-state index is 11.6. The third kappa shape index (κ3) is 10.2. The van der Waals surface area contributed by atoms with Crippen LogP contribution >= 0.6 is 0 Å². The molecule has 0 bridgehead atoms. The Labute approximate surface area is 119 Å². The minimum atomic E-state index is -0.493. The van der Waals surface area contributed by atoms with Crippen molar-refractivity contribution in [2.24, 2.45) is 11.7 Å². The van der Waals surface area contributed by atoms with E-state index in [4.69, 9.17) is 5.73 Å². The van der Waals surface area contributed by atoms with Crippen LogP contribution in [0.4, 0.5) is 0 Å². The van der Waals surface area contributed by atoms with E-state index in [1.807, 2.05) is 0 Å². The lowest BCUT2D eigenvalue weighted by Gasteiger charge is -2.12. The molecule has 0 heterocycles. The van der Waals surface area contributed by atoms with Crippen LogP contribution in [-0.4, -0.2) is 29.9 Å². The van der Waals surface area contributed by atoms with E-state index in [9.17, 15) is 19.2 Å². The quantitative estimate of drug-likeness (QED) is 0.545. The van der Waals surface area contributed by atoms with Crippen molar-refractivity contribution in [3.05, 3.63) is 0 Å². The normalized spacial score (nSPS) is 11.7. The van der Waals surface area contributed by atoms with Gasteiger partial charge in [-0.25, -0.2) is 0 Å². The number of hydrogen-bond donors (Lipinski definition) is 2. The van der Waals surface area contributed by atoms with Gasteiger partial charge in [-0.3, -0.25) is 14.4 Å². The van der Waals surface area contributed by atoms with Crippen molar-refractivity contribution in [3.63, 3.8) is 0 Å². The fourth-order valence-corrected chi connectivity index (χ4v) is 1.86. The summed E-state index contributed by atoms with van der Waals surface area (Å²) in [5, 5.41) is 2.40. The summed E-state index contributed by atoms with van der Waals surface area (Å²) >= 11 is 0. The number of hydrogen-bond acceptors (Lipinski definition) is 4. The molecule has 0 aliphatic rings. The van der Waals surface area contributed by atoms with Crippen LogP contribution in [0.15, 0.2) is 0 Å². The van der Waals surface area contributed by atoms with Crippen molar-refractivity contribution < 1.29 is 19.2 Å². The lowest BCUT2D eigenvalue weighted by atomic mass is 9.94. The number of nitrogens with two attached hydrogens (primary N) is 1. The summed E-state index contributed by atoms with van der Waals surface area (Å²) in [6, 6.07) is 0. The lowest BCUT2D eigenvalue weighted by molar-refractivity contribution is -0.128. The Morgan fingerprint density at radius 1 is 1.05 bits per heavy atom. The van der Waals surface area contributed by atoms with Gasteiger partial charge in [0.15, 0.2) is 5.78 Å². The number of rotatable bonds is 11. The van der Waals surface area contributed by atoms with Crippen molar-refractivity contribution in [3.8, 4) is 0 Å². The third-order valence-electron chi connectivity index (χ3n) is 2.99. The highest BCUT2D eigenvalue weighted by atomic mass is 16.2. The minimum absolute atomic E-state index is 0.0579. The Morgan fingerprint density at radius 2 is 1.70 bits per heavy atom. The Balaban J connectivity index is 3.98. The van der Waals surface area contributed by atoms with E-state index in [0.717, 1.165) is 19.3 Å². The molecule has 0 fully saturated rings. The molecular formula is C14H24N2O4. The number of unbranched alkanes of at least 4 members (excludes halogenated alkanes) is 2. The minimum Gasteiger partial charge on any atom is -0.369 e. The highest BCUT2D eigenvalue weighted by Crippen LogP contribution is 2.14. The molecule has 1 atom stereocenters. The van der Waals surface area contributed by atoms with Crippen molar-refractivity contribution >= 4 is 23.4 Å². The van der Waals surface area contributed by atoms with Gasteiger partial charge in [-0.1, -0.05) is 12.8 Å². The molecule has 0 aliphatic carbocycles. The van der Waals surface area contributed by atoms with Gasteiger partial charge >= 0.3 is 0 Å². The summed E-state index contributed by atoms with van der Waals surface area (Å²) in [7, 11) is 0. The fourth-order valence-electron chi connectivity index (χ4n) is 1.86. The molecule has 0 saturated carbocycles. The highest BCUT2D eigenvalue weighted by Gasteiger charge is 2.19. The second-order valence-electron chi connectivity index (χ2n) is 5.05. The molecule has 3 N–H and O–H groups in total. The second kappa shape index (κ2) is 10.1. The zero-order valence-corrected chi connectivity index (χ0v) is 12.2. The van der Waals surface area contributed by atoms with Gasteiger partial charge in [0.05, 0.1) is 6.54 Å². The van der Waals surface area contributed by atoms with Crippen LogP contribution < -0.4 is 11.1 Å². The number of primary amides is 1. The van der Waals surface area contributed by atoms with Crippen LogP contribution in [0.2, 0.25) is 0 Å². The first kappa shape index (κ1) is 18.3. The van der Waals surface area contributed by atoms with Gasteiger partial charge in [0.2, 0.25) is 11.8 Å². The van der Waals surface area contributed by atoms with E-state index < -0.39 is 11.8 Å². The number of amides is 2. The zero-order valence-electron chi connectivity index (χ0n) is 12.2. The van der Waals surface area contributed by atoms with Crippen molar-refractivity contribution in [1.29, 1.82) is 0 Å². The fraction of sp³-hybridized carbons (Fsp3) is 0.714. The predicted molar refractivity (Wildman–Crippen MR) is 74.8 cm³/mol. The Kier molecular flexibility index (Phi) is 9.24. The average Bonchev–Trinajstić information content (AvgIpc) is 2.33. The largest absolute Gasteiger partial charge is 0.369 e. The molecule has 0 radical (unpaired) electrons. The van der Waals surface area contributed by atoms with Crippen LogP contribution in [0.5, 0.6) is 0 Å². The molecular weight excluding hydrogens is 260 g/mol. The molecule has 6 heteroatoms. The van der Waals surface area contributed by atoms with E-state index >= 15 is 0 Å². The molecule has 0 spiro atoms. The van der Waals surface area contributed by atoms with Crippen molar-refractivity contribution in [1.82, 2.24) is 5.32 Å². The first-order chi connectivity index (χ1) is 9.32. The van der Waals surface area contributed by atoms with Crippen molar-refractivity contribution in [2.45, 2.75) is 52.4 Å². The average molecular weight is 284 g/mol. The standard InChI is InChI=1S/C14H24N2O4/c1-10(17)6-4-3-5-7-12(14(15)20)8-13(19)9-16-11(2)18/h12H,3-9H2,1-2H3,(H2,15,20)(H,16,18)/t12-/m1/s1. The van der Waals surface area contributed by atoms with Crippen LogP contribution in [0.3, 0.4) is 0 Å². The number of Topliss-reactive ketones (excluding diaryl/α,β-unsaturated/α-hetero) is 2. The summed E-state index contributed by atoms with van der Waals surface area (Å²) in [4.78, 5) is 44.3. The number of nitrogens with one attached hydrogen (secondary N) is 1. The van der Waals surface area contributed by atoms with Crippen molar-refractivity contribution in [2.75, 3.05) is 6.54 Å². The van der Waals surface area contributed by atoms with Gasteiger partial charge < -0.3 is 15.8 Å². The number of ketones is 2. The van der Waals surface area contributed by atoms with Gasteiger partial charge in [-0.05, 0) is 19.8 Å². The Morgan fingerprint density at radius 3 is 2.20 bits per heavy atom. The second-order valence-corrected chi connectivity index (χ2v) is 5.05.